The number of aryl methyl sites for hydroxylation is 1. The molecule has 1 aromatic carbocycles. The van der Waals surface area contributed by atoms with Gasteiger partial charge >= 0.3 is 0 Å². The van der Waals surface area contributed by atoms with Crippen LogP contribution in [0.15, 0.2) is 29.8 Å². The maximum Gasteiger partial charge on any atom is 0.182 e. The van der Waals surface area contributed by atoms with E-state index in [4.69, 9.17) is 11.6 Å². The molecule has 0 spiro atoms. The smallest absolute Gasteiger partial charge is 0.182 e. The number of halogens is 1. The lowest BCUT2D eigenvalue weighted by Gasteiger charge is -1.96. The van der Waals surface area contributed by atoms with Crippen molar-refractivity contribution >= 4 is 39.0 Å². The van der Waals surface area contributed by atoms with Gasteiger partial charge in [-0.25, -0.2) is 4.98 Å². The van der Waals surface area contributed by atoms with E-state index >= 15 is 0 Å². The van der Waals surface area contributed by atoms with Gasteiger partial charge in [-0.05, 0) is 18.2 Å². The summed E-state index contributed by atoms with van der Waals surface area (Å²) in [5, 5.41) is 7.92. The molecule has 0 unspecified atom stereocenters. The zero-order chi connectivity index (χ0) is 12.7. The highest BCUT2D eigenvalue weighted by molar-refractivity contribution is 7.14. The van der Waals surface area contributed by atoms with Gasteiger partial charge in [-0.1, -0.05) is 11.6 Å². The van der Waals surface area contributed by atoms with Crippen molar-refractivity contribution in [3.63, 3.8) is 0 Å². The Bertz CT molecular complexity index is 714. The standard InChI is InChI=1S/C13H12ClN3S/c1-15-13-16-11(7-18-13)10-6-17(2)12-4-3-8(14)5-9(10)12/h3-7H,1-2H3,(H,15,16). The highest BCUT2D eigenvalue weighted by atomic mass is 35.5. The number of hydrogen-bond acceptors (Lipinski definition) is 3. The van der Waals surface area contributed by atoms with Crippen LogP contribution in [0, 0.1) is 0 Å². The molecule has 0 aliphatic carbocycles. The van der Waals surface area contributed by atoms with Crippen molar-refractivity contribution in [1.29, 1.82) is 0 Å². The summed E-state index contributed by atoms with van der Waals surface area (Å²) in [6.45, 7) is 0. The number of rotatable bonds is 2. The average Bonchev–Trinajstić information content (AvgIpc) is 2.94. The number of aromatic nitrogens is 2. The molecule has 0 aliphatic rings. The van der Waals surface area contributed by atoms with E-state index in [0.29, 0.717) is 0 Å². The molecule has 3 aromatic rings. The molecule has 92 valence electrons. The molecule has 3 rings (SSSR count). The first-order valence-corrected chi connectivity index (χ1v) is 6.83. The molecule has 0 fully saturated rings. The minimum Gasteiger partial charge on any atom is -0.365 e. The van der Waals surface area contributed by atoms with Gasteiger partial charge in [0.2, 0.25) is 0 Å². The number of anilines is 1. The quantitative estimate of drug-likeness (QED) is 0.767. The Labute approximate surface area is 114 Å². The zero-order valence-corrected chi connectivity index (χ0v) is 11.6. The molecule has 3 nitrogen and oxygen atoms in total. The number of thiazole rings is 1. The van der Waals surface area contributed by atoms with Crippen molar-refractivity contribution in [1.82, 2.24) is 9.55 Å². The second-order valence-corrected chi connectivity index (χ2v) is 5.40. The molecule has 0 saturated heterocycles. The van der Waals surface area contributed by atoms with Gasteiger partial charge in [0.05, 0.1) is 5.69 Å². The molecule has 0 amide bonds. The summed E-state index contributed by atoms with van der Waals surface area (Å²) in [5.41, 5.74) is 3.26. The van der Waals surface area contributed by atoms with Crippen molar-refractivity contribution in [3.8, 4) is 11.3 Å². The Kier molecular flexibility index (Phi) is 2.76. The molecule has 0 bridgehead atoms. The van der Waals surface area contributed by atoms with E-state index < -0.39 is 0 Å². The van der Waals surface area contributed by atoms with Crippen LogP contribution in [0.5, 0.6) is 0 Å². The minimum absolute atomic E-state index is 0.749. The predicted octanol–water partition coefficient (Wildman–Crippen LogP) is 4.00. The Morgan fingerprint density at radius 1 is 1.39 bits per heavy atom. The molecule has 18 heavy (non-hydrogen) atoms. The fraction of sp³-hybridized carbons (Fsp3) is 0.154. The first-order chi connectivity index (χ1) is 8.69. The average molecular weight is 278 g/mol. The fourth-order valence-electron chi connectivity index (χ4n) is 2.08. The lowest BCUT2D eigenvalue weighted by Crippen LogP contribution is -1.85. The van der Waals surface area contributed by atoms with Gasteiger partial charge in [-0.15, -0.1) is 11.3 Å². The topological polar surface area (TPSA) is 29.9 Å². The molecular formula is C13H12ClN3S. The van der Waals surface area contributed by atoms with E-state index in [9.17, 15) is 0 Å². The third-order valence-electron chi connectivity index (χ3n) is 2.95. The van der Waals surface area contributed by atoms with Crippen LogP contribution in [0.4, 0.5) is 5.13 Å². The highest BCUT2D eigenvalue weighted by Gasteiger charge is 2.11. The molecule has 0 aliphatic heterocycles. The first-order valence-electron chi connectivity index (χ1n) is 5.57. The predicted molar refractivity (Wildman–Crippen MR) is 78.6 cm³/mol. The Balaban J connectivity index is 2.25. The van der Waals surface area contributed by atoms with Gasteiger partial charge in [0.25, 0.3) is 0 Å². The van der Waals surface area contributed by atoms with Crippen molar-refractivity contribution in [2.45, 2.75) is 0 Å². The summed E-state index contributed by atoms with van der Waals surface area (Å²) in [6, 6.07) is 5.94. The SMILES string of the molecule is CNc1nc(-c2cn(C)c3ccc(Cl)cc23)cs1. The van der Waals surface area contributed by atoms with Gasteiger partial charge in [-0.3, -0.25) is 0 Å². The van der Waals surface area contributed by atoms with Crippen molar-refractivity contribution < 1.29 is 0 Å². The highest BCUT2D eigenvalue weighted by Crippen LogP contribution is 2.33. The molecule has 2 aromatic heterocycles. The fourth-order valence-corrected chi connectivity index (χ4v) is 2.92. The van der Waals surface area contributed by atoms with E-state index in [-0.39, 0.29) is 0 Å². The molecule has 5 heteroatoms. The number of fused-ring (bicyclic) bond motifs is 1. The van der Waals surface area contributed by atoms with Gasteiger partial charge in [0.1, 0.15) is 0 Å². The summed E-state index contributed by atoms with van der Waals surface area (Å²) < 4.78 is 2.10. The van der Waals surface area contributed by atoms with Gasteiger partial charge in [0.15, 0.2) is 5.13 Å². The summed E-state index contributed by atoms with van der Waals surface area (Å²) >= 11 is 7.68. The molecule has 0 saturated carbocycles. The van der Waals surface area contributed by atoms with E-state index in [1.165, 1.54) is 0 Å². The normalized spacial score (nSPS) is 11.1. The van der Waals surface area contributed by atoms with Crippen LogP contribution in [0.1, 0.15) is 0 Å². The first kappa shape index (κ1) is 11.6. The second kappa shape index (κ2) is 4.30. The third kappa shape index (κ3) is 1.78. The molecule has 2 heterocycles. The van der Waals surface area contributed by atoms with E-state index in [1.807, 2.05) is 32.3 Å². The van der Waals surface area contributed by atoms with Crippen LogP contribution in [-0.2, 0) is 7.05 Å². The van der Waals surface area contributed by atoms with Gasteiger partial charge in [0, 0.05) is 47.2 Å². The number of hydrogen-bond donors (Lipinski definition) is 1. The van der Waals surface area contributed by atoms with Crippen LogP contribution in [0.2, 0.25) is 5.02 Å². The Morgan fingerprint density at radius 3 is 2.94 bits per heavy atom. The maximum absolute atomic E-state index is 6.08. The summed E-state index contributed by atoms with van der Waals surface area (Å²) in [7, 11) is 3.91. The summed E-state index contributed by atoms with van der Waals surface area (Å²) in [5.74, 6) is 0. The van der Waals surface area contributed by atoms with E-state index in [2.05, 4.69) is 26.4 Å². The number of nitrogens with zero attached hydrogens (tertiary/aromatic N) is 2. The molecular weight excluding hydrogens is 266 g/mol. The minimum atomic E-state index is 0.749. The second-order valence-electron chi connectivity index (χ2n) is 4.10. The van der Waals surface area contributed by atoms with Crippen LogP contribution in [-0.4, -0.2) is 16.6 Å². The summed E-state index contributed by atoms with van der Waals surface area (Å²) in [4.78, 5) is 4.54. The van der Waals surface area contributed by atoms with Crippen LogP contribution in [0.25, 0.3) is 22.2 Å². The van der Waals surface area contributed by atoms with E-state index in [1.54, 1.807) is 11.3 Å². The van der Waals surface area contributed by atoms with Crippen molar-refractivity contribution in [3.05, 3.63) is 34.8 Å². The molecule has 1 N–H and O–H groups in total. The molecule has 0 atom stereocenters. The van der Waals surface area contributed by atoms with Crippen molar-refractivity contribution in [2.75, 3.05) is 12.4 Å². The lowest BCUT2D eigenvalue weighted by molar-refractivity contribution is 0.970. The zero-order valence-electron chi connectivity index (χ0n) is 10.1. The third-order valence-corrected chi connectivity index (χ3v) is 4.04. The van der Waals surface area contributed by atoms with Crippen molar-refractivity contribution in [2.24, 2.45) is 7.05 Å². The Hall–Kier alpha value is -1.52. The largest absolute Gasteiger partial charge is 0.365 e. The molecule has 0 radical (unpaired) electrons. The van der Waals surface area contributed by atoms with Gasteiger partial charge < -0.3 is 9.88 Å². The maximum atomic E-state index is 6.08. The van der Waals surface area contributed by atoms with Crippen LogP contribution < -0.4 is 5.32 Å². The number of nitrogens with one attached hydrogen (secondary N) is 1. The summed E-state index contributed by atoms with van der Waals surface area (Å²) in [6.07, 6.45) is 2.09. The monoisotopic (exact) mass is 277 g/mol. The lowest BCUT2D eigenvalue weighted by atomic mass is 10.1. The van der Waals surface area contributed by atoms with E-state index in [0.717, 1.165) is 32.3 Å². The Morgan fingerprint density at radius 2 is 2.22 bits per heavy atom. The van der Waals surface area contributed by atoms with Gasteiger partial charge in [-0.2, -0.15) is 0 Å². The van der Waals surface area contributed by atoms with Crippen LogP contribution >= 0.6 is 22.9 Å². The number of benzene rings is 1. The van der Waals surface area contributed by atoms with Crippen LogP contribution in [0.3, 0.4) is 0 Å².